The zero-order valence-corrected chi connectivity index (χ0v) is 7.03. The second-order valence-electron chi connectivity index (χ2n) is 1.61. The highest BCUT2D eigenvalue weighted by Crippen LogP contribution is 2.06. The Kier molecular flexibility index (Phi) is 3.87. The lowest BCUT2D eigenvalue weighted by molar-refractivity contribution is -0.00274. The fraction of sp³-hybridized carbons (Fsp3) is 1.00. The highest BCUT2D eigenvalue weighted by Gasteiger charge is 2.10. The molecule has 0 aromatic rings. The van der Waals surface area contributed by atoms with Crippen LogP contribution in [-0.2, 0) is 0 Å². The van der Waals surface area contributed by atoms with Crippen LogP contribution in [0.4, 0.5) is 0 Å². The molecule has 0 saturated heterocycles. The molecule has 0 aromatic carbocycles. The molecule has 0 heterocycles. The van der Waals surface area contributed by atoms with Gasteiger partial charge in [0.2, 0.25) is 0 Å². The summed E-state index contributed by atoms with van der Waals surface area (Å²) in [5.74, 6) is 0. The molecule has 0 saturated carbocycles. The van der Waals surface area contributed by atoms with Gasteiger partial charge in [0.1, 0.15) is 12.5 Å². The van der Waals surface area contributed by atoms with Gasteiger partial charge in [-0.25, -0.2) is 0 Å². The molecular weight excluding hydrogens is 221 g/mol. The van der Waals surface area contributed by atoms with Gasteiger partial charge in [0, 0.05) is 22.9 Å². The third-order valence-electron chi connectivity index (χ3n) is 0.714. The van der Waals surface area contributed by atoms with Crippen molar-refractivity contribution in [3.63, 3.8) is 0 Å². The molecule has 0 spiro atoms. The van der Waals surface area contributed by atoms with Crippen molar-refractivity contribution in [1.29, 1.82) is 0 Å². The summed E-state index contributed by atoms with van der Waals surface area (Å²) in [6, 6.07) is 0. The molecule has 0 aromatic heterocycles. The van der Waals surface area contributed by atoms with Gasteiger partial charge >= 0.3 is 0 Å². The molecule has 0 aliphatic heterocycles. The van der Waals surface area contributed by atoms with Crippen LogP contribution in [0, 0.1) is 0 Å². The van der Waals surface area contributed by atoms with E-state index in [4.69, 9.17) is 10.2 Å². The molecule has 4 heteroatoms. The van der Waals surface area contributed by atoms with Crippen molar-refractivity contribution in [3.8, 4) is 0 Å². The van der Waals surface area contributed by atoms with Crippen LogP contribution >= 0.6 is 22.9 Å². The molecule has 0 amide bonds. The minimum atomic E-state index is -0.587. The third kappa shape index (κ3) is 2.81. The third-order valence-corrected chi connectivity index (χ3v) is 2.33. The van der Waals surface area contributed by atoms with E-state index >= 15 is 0 Å². The van der Waals surface area contributed by atoms with E-state index in [-0.39, 0.29) is 0 Å². The van der Waals surface area contributed by atoms with Crippen LogP contribution in [0.2, 0.25) is 0 Å². The summed E-state index contributed by atoms with van der Waals surface area (Å²) in [4.78, 5) is 0. The van der Waals surface area contributed by atoms with Crippen molar-refractivity contribution >= 4 is 22.9 Å². The summed E-state index contributed by atoms with van der Waals surface area (Å²) < 4.78 is 1.41. The molecule has 50 valence electrons. The highest BCUT2D eigenvalue weighted by molar-refractivity contribution is 14.1. The molecule has 0 rings (SSSR count). The number of aliphatic hydroxyl groups is 2. The van der Waals surface area contributed by atoms with Gasteiger partial charge in [-0.15, -0.1) is 0 Å². The maximum absolute atomic E-state index is 8.75. The first kappa shape index (κ1) is 8.61. The minimum Gasteiger partial charge on any atom is -0.378 e. The Morgan fingerprint density at radius 1 is 1.25 bits per heavy atom. The van der Waals surface area contributed by atoms with E-state index in [1.165, 1.54) is 3.11 Å². The monoisotopic (exact) mass is 231 g/mol. The van der Waals surface area contributed by atoms with Crippen molar-refractivity contribution in [3.05, 3.63) is 0 Å². The molecule has 0 aliphatic rings. The lowest BCUT2D eigenvalue weighted by atomic mass is 10.6. The fourth-order valence-electron chi connectivity index (χ4n) is 0.312. The van der Waals surface area contributed by atoms with Gasteiger partial charge in [0.05, 0.1) is 0 Å². The quantitative estimate of drug-likeness (QED) is 0.408. The van der Waals surface area contributed by atoms with Crippen LogP contribution in [0.3, 0.4) is 0 Å². The van der Waals surface area contributed by atoms with Crippen LogP contribution in [0.25, 0.3) is 0 Å². The Morgan fingerprint density at radius 2 is 1.50 bits per heavy atom. The summed E-state index contributed by atoms with van der Waals surface area (Å²) in [5.41, 5.74) is 0. The zero-order chi connectivity index (χ0) is 6.73. The predicted molar refractivity (Wildman–Crippen MR) is 39.2 cm³/mol. The smallest absolute Gasteiger partial charge is 0.115 e. The zero-order valence-electron chi connectivity index (χ0n) is 4.87. The second-order valence-corrected chi connectivity index (χ2v) is 2.72. The van der Waals surface area contributed by atoms with Gasteiger partial charge in [-0.1, -0.05) is 0 Å². The Balaban J connectivity index is 3.46. The maximum Gasteiger partial charge on any atom is 0.115 e. The Labute approximate surface area is 62.8 Å². The van der Waals surface area contributed by atoms with E-state index in [1.54, 1.807) is 13.8 Å². The number of hydrogen-bond acceptors (Lipinski definition) is 3. The molecule has 0 fully saturated rings. The van der Waals surface area contributed by atoms with E-state index in [2.05, 4.69) is 0 Å². The first-order valence-corrected chi connectivity index (χ1v) is 3.32. The van der Waals surface area contributed by atoms with Crippen molar-refractivity contribution in [2.45, 2.75) is 26.3 Å². The second kappa shape index (κ2) is 3.60. The van der Waals surface area contributed by atoms with Gasteiger partial charge in [-0.05, 0) is 13.8 Å². The van der Waals surface area contributed by atoms with Crippen LogP contribution in [0.5, 0.6) is 0 Å². The van der Waals surface area contributed by atoms with Crippen molar-refractivity contribution in [1.82, 2.24) is 3.11 Å². The molecule has 3 nitrogen and oxygen atoms in total. The molecule has 2 N–H and O–H groups in total. The van der Waals surface area contributed by atoms with Gasteiger partial charge in [-0.2, -0.15) is 3.11 Å². The summed E-state index contributed by atoms with van der Waals surface area (Å²) in [6.07, 6.45) is -1.17. The van der Waals surface area contributed by atoms with E-state index in [1.807, 2.05) is 22.9 Å². The van der Waals surface area contributed by atoms with Crippen molar-refractivity contribution in [2.75, 3.05) is 0 Å². The standard InChI is InChI=1S/C4H10INO2/c1-3(7)6(5)4(2)8/h3-4,7-8H,1-2H3. The molecule has 0 bridgehead atoms. The molecule has 2 unspecified atom stereocenters. The minimum absolute atomic E-state index is 0.587. The van der Waals surface area contributed by atoms with Gasteiger partial charge < -0.3 is 10.2 Å². The molecular formula is C4H10INO2. The topological polar surface area (TPSA) is 43.7 Å². The molecule has 0 aliphatic carbocycles. The van der Waals surface area contributed by atoms with E-state index in [0.717, 1.165) is 0 Å². The molecule has 0 radical (unpaired) electrons. The van der Waals surface area contributed by atoms with Crippen LogP contribution in [0.1, 0.15) is 13.8 Å². The SMILES string of the molecule is CC(O)N(I)C(C)O. The van der Waals surface area contributed by atoms with Gasteiger partial charge in [-0.3, -0.25) is 0 Å². The predicted octanol–water partition coefficient (Wildman–Crippen LogP) is 0.315. The lowest BCUT2D eigenvalue weighted by Crippen LogP contribution is -2.30. The average Bonchev–Trinajstić information content (AvgIpc) is 1.64. The summed E-state index contributed by atoms with van der Waals surface area (Å²) in [7, 11) is 0. The van der Waals surface area contributed by atoms with E-state index in [0.29, 0.717) is 0 Å². The first-order chi connectivity index (χ1) is 3.55. The Bertz CT molecular complexity index is 59.1. The average molecular weight is 231 g/mol. The number of nitrogens with zero attached hydrogens (tertiary/aromatic N) is 1. The number of aliphatic hydroxyl groups excluding tert-OH is 2. The maximum atomic E-state index is 8.75. The summed E-state index contributed by atoms with van der Waals surface area (Å²) >= 11 is 1.85. The molecule has 8 heavy (non-hydrogen) atoms. The van der Waals surface area contributed by atoms with Crippen LogP contribution in [0.15, 0.2) is 0 Å². The van der Waals surface area contributed by atoms with Crippen molar-refractivity contribution < 1.29 is 10.2 Å². The number of rotatable bonds is 2. The van der Waals surface area contributed by atoms with Crippen LogP contribution < -0.4 is 0 Å². The summed E-state index contributed by atoms with van der Waals surface area (Å²) in [6.45, 7) is 3.19. The Morgan fingerprint density at radius 3 is 1.50 bits per heavy atom. The summed E-state index contributed by atoms with van der Waals surface area (Å²) in [5, 5.41) is 17.5. The van der Waals surface area contributed by atoms with E-state index < -0.39 is 12.5 Å². The molecule has 2 atom stereocenters. The normalized spacial score (nSPS) is 18.8. The van der Waals surface area contributed by atoms with E-state index in [9.17, 15) is 0 Å². The Hall–Kier alpha value is 0.610. The van der Waals surface area contributed by atoms with Crippen molar-refractivity contribution in [2.24, 2.45) is 0 Å². The highest BCUT2D eigenvalue weighted by atomic mass is 127. The largest absolute Gasteiger partial charge is 0.378 e. The van der Waals surface area contributed by atoms with Crippen LogP contribution in [-0.4, -0.2) is 25.8 Å². The van der Waals surface area contributed by atoms with Gasteiger partial charge in [0.25, 0.3) is 0 Å². The number of hydrogen-bond donors (Lipinski definition) is 2. The van der Waals surface area contributed by atoms with Gasteiger partial charge in [0.15, 0.2) is 0 Å². The number of halogens is 1. The lowest BCUT2D eigenvalue weighted by Gasteiger charge is -2.19. The first-order valence-electron chi connectivity index (χ1n) is 2.36. The fourth-order valence-corrected chi connectivity index (χ4v) is 0.312.